The first kappa shape index (κ1) is 20.5. The molecule has 0 saturated carbocycles. The summed E-state index contributed by atoms with van der Waals surface area (Å²) in [4.78, 5) is 14.7. The van der Waals surface area contributed by atoms with Crippen molar-refractivity contribution in [1.29, 1.82) is 0 Å². The van der Waals surface area contributed by atoms with Crippen LogP contribution < -0.4 is 4.18 Å². The molecule has 0 heterocycles. The number of benzene rings is 2. The summed E-state index contributed by atoms with van der Waals surface area (Å²) in [5.41, 5.74) is 1.40. The molecule has 0 atom stereocenters. The highest BCUT2D eigenvalue weighted by Gasteiger charge is 2.18. The van der Waals surface area contributed by atoms with Gasteiger partial charge in [-0.3, -0.25) is 4.79 Å². The molecule has 0 aliphatic rings. The van der Waals surface area contributed by atoms with Crippen LogP contribution in [0.25, 0.3) is 0 Å². The summed E-state index contributed by atoms with van der Waals surface area (Å²) in [6, 6.07) is 14.0. The summed E-state index contributed by atoms with van der Waals surface area (Å²) in [6.07, 6.45) is 1.00. The van der Waals surface area contributed by atoms with E-state index in [4.69, 9.17) is 4.18 Å². The topological polar surface area (TPSA) is 63.7 Å². The number of rotatable bonds is 7. The smallest absolute Gasteiger partial charge is 0.306 e. The molecule has 0 saturated heterocycles. The van der Waals surface area contributed by atoms with Gasteiger partial charge in [0.15, 0.2) is 0 Å². The number of halogens is 1. The van der Waals surface area contributed by atoms with E-state index in [0.717, 1.165) is 16.3 Å². The second-order valence-electron chi connectivity index (χ2n) is 6.52. The normalized spacial score (nSPS) is 11.4. The molecule has 0 aromatic heterocycles. The quantitative estimate of drug-likeness (QED) is 0.609. The Morgan fingerprint density at radius 2 is 1.85 bits per heavy atom. The lowest BCUT2D eigenvalue weighted by molar-refractivity contribution is 0.0722. The predicted octanol–water partition coefficient (Wildman–Crippen LogP) is 4.09. The van der Waals surface area contributed by atoms with Crippen LogP contribution in [-0.2, 0) is 16.7 Å². The van der Waals surface area contributed by atoms with Gasteiger partial charge in [0.1, 0.15) is 5.75 Å². The lowest BCUT2D eigenvalue weighted by atomic mass is 10.1. The van der Waals surface area contributed by atoms with E-state index in [-0.39, 0.29) is 11.7 Å². The van der Waals surface area contributed by atoms with Gasteiger partial charge in [-0.2, -0.15) is 8.42 Å². The molecule has 0 N–H and O–H groups in total. The van der Waals surface area contributed by atoms with Gasteiger partial charge < -0.3 is 9.08 Å². The van der Waals surface area contributed by atoms with E-state index < -0.39 is 10.1 Å². The van der Waals surface area contributed by atoms with E-state index in [1.54, 1.807) is 35.2 Å². The average Bonchev–Trinajstić information content (AvgIpc) is 2.52. The summed E-state index contributed by atoms with van der Waals surface area (Å²) >= 11 is 3.39. The van der Waals surface area contributed by atoms with Crippen molar-refractivity contribution in [3.8, 4) is 5.75 Å². The van der Waals surface area contributed by atoms with Gasteiger partial charge in [0.25, 0.3) is 5.91 Å². The van der Waals surface area contributed by atoms with Crippen LogP contribution in [0.2, 0.25) is 0 Å². The second-order valence-corrected chi connectivity index (χ2v) is 9.02. The van der Waals surface area contributed by atoms with Gasteiger partial charge in [-0.25, -0.2) is 0 Å². The Kier molecular flexibility index (Phi) is 6.83. The molecule has 0 radical (unpaired) electrons. The first-order valence-corrected chi connectivity index (χ1v) is 10.8. The highest BCUT2D eigenvalue weighted by atomic mass is 79.9. The van der Waals surface area contributed by atoms with Gasteiger partial charge in [-0.15, -0.1) is 0 Å². The summed E-state index contributed by atoms with van der Waals surface area (Å²) in [6.45, 7) is 5.04. The highest BCUT2D eigenvalue weighted by molar-refractivity contribution is 9.10. The Bertz CT molecular complexity index is 881. The zero-order valence-electron chi connectivity index (χ0n) is 15.0. The van der Waals surface area contributed by atoms with Gasteiger partial charge in [0, 0.05) is 23.1 Å². The van der Waals surface area contributed by atoms with Gasteiger partial charge >= 0.3 is 10.1 Å². The van der Waals surface area contributed by atoms with Crippen LogP contribution in [0.5, 0.6) is 5.75 Å². The van der Waals surface area contributed by atoms with Crippen molar-refractivity contribution in [3.63, 3.8) is 0 Å². The van der Waals surface area contributed by atoms with Crippen LogP contribution in [-0.4, -0.2) is 32.0 Å². The number of carbonyl (C=O) groups excluding carboxylic acids is 1. The molecular formula is C19H22BrNO4S. The predicted molar refractivity (Wildman–Crippen MR) is 106 cm³/mol. The first-order chi connectivity index (χ1) is 12.1. The van der Waals surface area contributed by atoms with Crippen molar-refractivity contribution in [2.75, 3.05) is 12.8 Å². The molecule has 2 aromatic rings. The molecule has 2 aromatic carbocycles. The molecule has 140 valence electrons. The van der Waals surface area contributed by atoms with Crippen molar-refractivity contribution in [3.05, 3.63) is 64.1 Å². The average molecular weight is 440 g/mol. The highest BCUT2D eigenvalue weighted by Crippen LogP contribution is 2.19. The summed E-state index contributed by atoms with van der Waals surface area (Å²) < 4.78 is 28.4. The van der Waals surface area contributed by atoms with Crippen LogP contribution in [0.3, 0.4) is 0 Å². The zero-order chi connectivity index (χ0) is 19.3. The molecule has 0 aliphatic heterocycles. The van der Waals surface area contributed by atoms with E-state index in [1.165, 1.54) is 0 Å². The monoisotopic (exact) mass is 439 g/mol. The third kappa shape index (κ3) is 6.46. The molecule has 1 amide bonds. The van der Waals surface area contributed by atoms with E-state index in [0.29, 0.717) is 24.6 Å². The third-order valence-electron chi connectivity index (χ3n) is 3.46. The minimum Gasteiger partial charge on any atom is -0.383 e. The van der Waals surface area contributed by atoms with Gasteiger partial charge in [0.2, 0.25) is 0 Å². The maximum Gasteiger partial charge on any atom is 0.306 e. The van der Waals surface area contributed by atoms with Crippen LogP contribution in [0, 0.1) is 5.92 Å². The van der Waals surface area contributed by atoms with E-state index in [1.807, 2.05) is 32.0 Å². The Labute approximate surface area is 163 Å². The third-order valence-corrected chi connectivity index (χ3v) is 4.45. The Hall–Kier alpha value is -1.86. The van der Waals surface area contributed by atoms with Crippen molar-refractivity contribution in [2.24, 2.45) is 5.92 Å². The molecular weight excluding hydrogens is 418 g/mol. The van der Waals surface area contributed by atoms with Crippen molar-refractivity contribution < 1.29 is 17.4 Å². The van der Waals surface area contributed by atoms with Crippen LogP contribution in [0.1, 0.15) is 29.8 Å². The molecule has 5 nitrogen and oxygen atoms in total. The Balaban J connectivity index is 2.25. The fourth-order valence-electron chi connectivity index (χ4n) is 2.55. The maximum atomic E-state index is 12.9. The fourth-order valence-corrected chi connectivity index (χ4v) is 3.41. The fraction of sp³-hybridized carbons (Fsp3) is 0.316. The molecule has 7 heteroatoms. The van der Waals surface area contributed by atoms with Crippen LogP contribution in [0.4, 0.5) is 0 Å². The van der Waals surface area contributed by atoms with Gasteiger partial charge in [0.05, 0.1) is 6.26 Å². The molecule has 0 unspecified atom stereocenters. The minimum atomic E-state index is -3.59. The second kappa shape index (κ2) is 8.68. The molecule has 0 spiro atoms. The molecule has 0 fully saturated rings. The number of nitrogens with zero attached hydrogens (tertiary/aromatic N) is 1. The number of hydrogen-bond acceptors (Lipinski definition) is 4. The van der Waals surface area contributed by atoms with Crippen molar-refractivity contribution in [1.82, 2.24) is 4.90 Å². The van der Waals surface area contributed by atoms with Crippen LogP contribution >= 0.6 is 15.9 Å². The van der Waals surface area contributed by atoms with E-state index in [9.17, 15) is 13.2 Å². The van der Waals surface area contributed by atoms with Crippen LogP contribution in [0.15, 0.2) is 53.0 Å². The summed E-state index contributed by atoms with van der Waals surface area (Å²) in [7, 11) is -3.59. The van der Waals surface area contributed by atoms with Gasteiger partial charge in [-0.05, 0) is 41.8 Å². The number of amides is 1. The number of carbonyl (C=O) groups is 1. The zero-order valence-corrected chi connectivity index (χ0v) is 17.4. The first-order valence-electron chi connectivity index (χ1n) is 8.17. The summed E-state index contributed by atoms with van der Waals surface area (Å²) in [5, 5.41) is 0. The Morgan fingerprint density at radius 1 is 1.15 bits per heavy atom. The maximum absolute atomic E-state index is 12.9. The molecule has 0 aliphatic carbocycles. The SMILES string of the molecule is CC(C)CN(Cc1cccc(OS(C)(=O)=O)c1)C(=O)c1cccc(Br)c1. The van der Waals surface area contributed by atoms with Crippen molar-refractivity contribution in [2.45, 2.75) is 20.4 Å². The van der Waals surface area contributed by atoms with E-state index >= 15 is 0 Å². The standard InChI is InChI=1S/C19H22BrNO4S/c1-14(2)12-21(19(22)16-7-5-8-17(20)11-16)13-15-6-4-9-18(10-15)25-26(3,23)24/h4-11,14H,12-13H2,1-3H3. The van der Waals surface area contributed by atoms with Gasteiger partial charge in [-0.1, -0.05) is 48.0 Å². The largest absolute Gasteiger partial charge is 0.383 e. The molecule has 2 rings (SSSR count). The lowest BCUT2D eigenvalue weighted by Gasteiger charge is -2.25. The molecule has 26 heavy (non-hydrogen) atoms. The number of hydrogen-bond donors (Lipinski definition) is 0. The minimum absolute atomic E-state index is 0.0746. The van der Waals surface area contributed by atoms with E-state index in [2.05, 4.69) is 15.9 Å². The van der Waals surface area contributed by atoms with Crippen molar-refractivity contribution >= 4 is 32.0 Å². The molecule has 0 bridgehead atoms. The Morgan fingerprint density at radius 3 is 2.46 bits per heavy atom. The lowest BCUT2D eigenvalue weighted by Crippen LogP contribution is -2.33. The summed E-state index contributed by atoms with van der Waals surface area (Å²) in [5.74, 6) is 0.459.